The molecule has 0 bridgehead atoms. The molecule has 29 heavy (non-hydrogen) atoms. The Bertz CT molecular complexity index is 690. The number of likely N-dealkylation sites (N-methyl/N-ethyl adjacent to an activating group) is 1. The van der Waals surface area contributed by atoms with Crippen molar-refractivity contribution in [2.24, 2.45) is 4.99 Å². The predicted molar refractivity (Wildman–Crippen MR) is 115 cm³/mol. The SMILES string of the molecule is CCN1CCN(C(C)CNC(=NC)NC2CCN(c3ccc(F)cc3F)C2)CC1. The molecule has 1 aromatic carbocycles. The van der Waals surface area contributed by atoms with Crippen LogP contribution >= 0.6 is 0 Å². The van der Waals surface area contributed by atoms with Gasteiger partial charge in [-0.3, -0.25) is 9.89 Å². The number of hydrogen-bond acceptors (Lipinski definition) is 4. The molecular weight excluding hydrogens is 374 g/mol. The van der Waals surface area contributed by atoms with Crippen LogP contribution in [0.2, 0.25) is 0 Å². The highest BCUT2D eigenvalue weighted by molar-refractivity contribution is 5.80. The van der Waals surface area contributed by atoms with E-state index in [2.05, 4.69) is 39.3 Å². The van der Waals surface area contributed by atoms with Crippen molar-refractivity contribution in [3.63, 3.8) is 0 Å². The Hall–Kier alpha value is -1.93. The largest absolute Gasteiger partial charge is 0.367 e. The summed E-state index contributed by atoms with van der Waals surface area (Å²) in [6, 6.07) is 4.37. The number of rotatable bonds is 6. The minimum Gasteiger partial charge on any atom is -0.367 e. The first-order valence-electron chi connectivity index (χ1n) is 10.6. The van der Waals surface area contributed by atoms with E-state index in [1.54, 1.807) is 7.05 Å². The molecule has 0 aliphatic carbocycles. The number of nitrogens with zero attached hydrogens (tertiary/aromatic N) is 4. The molecule has 2 aliphatic heterocycles. The molecule has 0 aromatic heterocycles. The van der Waals surface area contributed by atoms with E-state index in [4.69, 9.17) is 0 Å². The number of piperazine rings is 1. The van der Waals surface area contributed by atoms with Gasteiger partial charge in [-0.2, -0.15) is 0 Å². The van der Waals surface area contributed by atoms with Gasteiger partial charge in [0.15, 0.2) is 5.96 Å². The Kier molecular flexibility index (Phi) is 7.66. The third-order valence-corrected chi connectivity index (χ3v) is 6.05. The zero-order valence-electron chi connectivity index (χ0n) is 17.8. The summed E-state index contributed by atoms with van der Waals surface area (Å²) in [5.74, 6) is -0.282. The summed E-state index contributed by atoms with van der Waals surface area (Å²) in [4.78, 5) is 11.3. The van der Waals surface area contributed by atoms with E-state index in [1.807, 2.05) is 4.90 Å². The lowest BCUT2D eigenvalue weighted by Crippen LogP contribution is -2.53. The molecule has 2 unspecified atom stereocenters. The van der Waals surface area contributed by atoms with Gasteiger partial charge >= 0.3 is 0 Å². The predicted octanol–water partition coefficient (Wildman–Crippen LogP) is 1.73. The summed E-state index contributed by atoms with van der Waals surface area (Å²) < 4.78 is 27.2. The topological polar surface area (TPSA) is 46.1 Å². The molecule has 0 amide bonds. The van der Waals surface area contributed by atoms with E-state index in [1.165, 1.54) is 12.1 Å². The summed E-state index contributed by atoms with van der Waals surface area (Å²) in [5.41, 5.74) is 0.457. The fourth-order valence-corrected chi connectivity index (χ4v) is 4.12. The number of anilines is 1. The average Bonchev–Trinajstić information content (AvgIpc) is 3.19. The summed E-state index contributed by atoms with van der Waals surface area (Å²) in [5, 5.41) is 6.88. The molecule has 0 radical (unpaired) electrons. The number of nitrogens with one attached hydrogen (secondary N) is 2. The van der Waals surface area contributed by atoms with E-state index in [0.717, 1.165) is 64.3 Å². The number of hydrogen-bond donors (Lipinski definition) is 2. The quantitative estimate of drug-likeness (QED) is 0.555. The third kappa shape index (κ3) is 5.79. The van der Waals surface area contributed by atoms with Crippen LogP contribution in [0.3, 0.4) is 0 Å². The molecule has 2 saturated heterocycles. The van der Waals surface area contributed by atoms with Crippen LogP contribution < -0.4 is 15.5 Å². The maximum Gasteiger partial charge on any atom is 0.191 e. The van der Waals surface area contributed by atoms with Crippen molar-refractivity contribution in [1.29, 1.82) is 0 Å². The summed E-state index contributed by atoms with van der Waals surface area (Å²) in [6.07, 6.45) is 0.881. The summed E-state index contributed by atoms with van der Waals surface area (Å²) in [7, 11) is 1.77. The van der Waals surface area contributed by atoms with Crippen molar-refractivity contribution >= 4 is 11.6 Å². The molecule has 162 valence electrons. The molecule has 6 nitrogen and oxygen atoms in total. The van der Waals surface area contributed by atoms with E-state index in [0.29, 0.717) is 18.3 Å². The minimum atomic E-state index is -0.546. The fourth-order valence-electron chi connectivity index (χ4n) is 4.12. The van der Waals surface area contributed by atoms with Crippen molar-refractivity contribution < 1.29 is 8.78 Å². The average molecular weight is 409 g/mol. The molecule has 2 N–H and O–H groups in total. The number of aliphatic imine (C=N–C) groups is 1. The van der Waals surface area contributed by atoms with Gasteiger partial charge in [0.05, 0.1) is 5.69 Å². The van der Waals surface area contributed by atoms with E-state index < -0.39 is 11.6 Å². The molecular formula is C21H34F2N6. The maximum absolute atomic E-state index is 14.0. The molecule has 0 spiro atoms. The second-order valence-corrected chi connectivity index (χ2v) is 7.94. The number of halogens is 2. The van der Waals surface area contributed by atoms with Crippen LogP contribution in [0.15, 0.2) is 23.2 Å². The Labute approximate surface area is 172 Å². The first-order chi connectivity index (χ1) is 14.0. The highest BCUT2D eigenvalue weighted by atomic mass is 19.1. The van der Waals surface area contributed by atoms with Gasteiger partial charge in [0.2, 0.25) is 0 Å². The molecule has 0 saturated carbocycles. The first-order valence-corrected chi connectivity index (χ1v) is 10.6. The van der Waals surface area contributed by atoms with Crippen molar-refractivity contribution in [2.45, 2.75) is 32.4 Å². The molecule has 1 aromatic rings. The lowest BCUT2D eigenvalue weighted by Gasteiger charge is -2.37. The van der Waals surface area contributed by atoms with Crippen molar-refractivity contribution in [3.8, 4) is 0 Å². The fraction of sp³-hybridized carbons (Fsp3) is 0.667. The van der Waals surface area contributed by atoms with Gasteiger partial charge in [0.25, 0.3) is 0 Å². The zero-order valence-corrected chi connectivity index (χ0v) is 17.8. The van der Waals surface area contributed by atoms with Crippen LogP contribution in [0.5, 0.6) is 0 Å². The number of benzene rings is 1. The van der Waals surface area contributed by atoms with Gasteiger partial charge in [0, 0.05) is 71.0 Å². The molecule has 3 rings (SSSR count). The zero-order chi connectivity index (χ0) is 20.8. The van der Waals surface area contributed by atoms with E-state index >= 15 is 0 Å². The van der Waals surface area contributed by atoms with E-state index in [9.17, 15) is 8.78 Å². The number of guanidine groups is 1. The Balaban J connectivity index is 1.44. The van der Waals surface area contributed by atoms with Gasteiger partial charge < -0.3 is 20.4 Å². The standard InChI is InChI=1S/C21H34F2N6/c1-4-27-9-11-28(12-10-27)16(2)14-25-21(24-3)26-18-7-8-29(15-18)20-6-5-17(22)13-19(20)23/h5-6,13,16,18H,4,7-12,14-15H2,1-3H3,(H2,24,25,26). The van der Waals surface area contributed by atoms with Crippen LogP contribution in [0.1, 0.15) is 20.3 Å². The molecule has 8 heteroatoms. The second kappa shape index (κ2) is 10.2. The Morgan fingerprint density at radius 3 is 2.62 bits per heavy atom. The third-order valence-electron chi connectivity index (χ3n) is 6.05. The van der Waals surface area contributed by atoms with Crippen LogP contribution in [0.25, 0.3) is 0 Å². The van der Waals surface area contributed by atoms with Gasteiger partial charge in [-0.25, -0.2) is 8.78 Å². The van der Waals surface area contributed by atoms with Gasteiger partial charge in [0.1, 0.15) is 11.6 Å². The van der Waals surface area contributed by atoms with E-state index in [-0.39, 0.29) is 6.04 Å². The second-order valence-electron chi connectivity index (χ2n) is 7.94. The van der Waals surface area contributed by atoms with Gasteiger partial charge in [-0.1, -0.05) is 6.92 Å². The van der Waals surface area contributed by atoms with Crippen LogP contribution in [-0.4, -0.2) is 87.2 Å². The maximum atomic E-state index is 14.0. The van der Waals surface area contributed by atoms with Crippen molar-refractivity contribution in [1.82, 2.24) is 20.4 Å². The lowest BCUT2D eigenvalue weighted by atomic mass is 10.2. The van der Waals surface area contributed by atoms with Crippen molar-refractivity contribution in [3.05, 3.63) is 29.8 Å². The normalized spacial score (nSPS) is 22.7. The highest BCUT2D eigenvalue weighted by Gasteiger charge is 2.26. The summed E-state index contributed by atoms with van der Waals surface area (Å²) in [6.45, 7) is 12.3. The monoisotopic (exact) mass is 408 g/mol. The molecule has 2 heterocycles. The van der Waals surface area contributed by atoms with Crippen LogP contribution in [-0.2, 0) is 0 Å². The lowest BCUT2D eigenvalue weighted by molar-refractivity contribution is 0.107. The highest BCUT2D eigenvalue weighted by Crippen LogP contribution is 2.24. The van der Waals surface area contributed by atoms with Crippen LogP contribution in [0.4, 0.5) is 14.5 Å². The molecule has 2 aliphatic rings. The van der Waals surface area contributed by atoms with Gasteiger partial charge in [-0.15, -0.1) is 0 Å². The Morgan fingerprint density at radius 2 is 1.97 bits per heavy atom. The van der Waals surface area contributed by atoms with Gasteiger partial charge in [-0.05, 0) is 32.0 Å². The van der Waals surface area contributed by atoms with Crippen LogP contribution in [0, 0.1) is 11.6 Å². The van der Waals surface area contributed by atoms with Crippen molar-refractivity contribution in [2.75, 3.05) is 64.3 Å². The smallest absolute Gasteiger partial charge is 0.191 e. The Morgan fingerprint density at radius 1 is 1.21 bits per heavy atom. The minimum absolute atomic E-state index is 0.175. The summed E-state index contributed by atoms with van der Waals surface area (Å²) >= 11 is 0. The molecule has 2 atom stereocenters. The molecule has 2 fully saturated rings. The first kappa shape index (κ1) is 21.8.